The van der Waals surface area contributed by atoms with Gasteiger partial charge in [0.05, 0.1) is 12.1 Å². The van der Waals surface area contributed by atoms with Gasteiger partial charge in [-0.1, -0.05) is 12.1 Å². The van der Waals surface area contributed by atoms with Gasteiger partial charge in [-0.3, -0.25) is 9.59 Å². The summed E-state index contributed by atoms with van der Waals surface area (Å²) in [4.78, 5) is 34.1. The lowest BCUT2D eigenvalue weighted by Crippen LogP contribution is -2.39. The summed E-state index contributed by atoms with van der Waals surface area (Å²) >= 11 is 0. The maximum absolute atomic E-state index is 11.7. The lowest BCUT2D eigenvalue weighted by molar-refractivity contribution is 0.0696. The molecule has 0 saturated carbocycles. The van der Waals surface area contributed by atoms with Gasteiger partial charge in [0.1, 0.15) is 0 Å². The third-order valence-corrected chi connectivity index (χ3v) is 2.76. The van der Waals surface area contributed by atoms with Gasteiger partial charge in [-0.2, -0.15) is 0 Å². The zero-order chi connectivity index (χ0) is 14.0. The molecule has 0 aliphatic heterocycles. The van der Waals surface area contributed by atoms with Crippen LogP contribution in [0.1, 0.15) is 15.9 Å². The molecule has 0 atom stereocenters. The summed E-state index contributed by atoms with van der Waals surface area (Å²) in [7, 11) is 1.50. The van der Waals surface area contributed by atoms with E-state index in [-0.39, 0.29) is 12.1 Å². The van der Waals surface area contributed by atoms with Crippen molar-refractivity contribution in [3.8, 4) is 0 Å². The first-order chi connectivity index (χ1) is 8.99. The first-order valence-electron chi connectivity index (χ1n) is 5.57. The van der Waals surface area contributed by atoms with E-state index in [4.69, 9.17) is 5.11 Å². The Bertz CT molecular complexity index is 743. The summed E-state index contributed by atoms with van der Waals surface area (Å²) < 4.78 is 2.45. The van der Waals surface area contributed by atoms with Crippen molar-refractivity contribution in [1.29, 1.82) is 0 Å². The maximum atomic E-state index is 11.7. The van der Waals surface area contributed by atoms with E-state index in [1.54, 1.807) is 12.1 Å². The average molecular weight is 260 g/mol. The standard InChI is InChI=1S/C13H12N2O4/c1-14-5-6-15(12(17)11(14)16)8-9-3-2-4-10(7-9)13(18)19/h2-7H,8H2,1H3,(H,18,19). The molecule has 0 aliphatic carbocycles. The highest BCUT2D eigenvalue weighted by atomic mass is 16.4. The molecule has 98 valence electrons. The second-order valence-corrected chi connectivity index (χ2v) is 4.15. The Hall–Kier alpha value is -2.63. The fourth-order valence-electron chi connectivity index (χ4n) is 1.71. The van der Waals surface area contributed by atoms with Crippen LogP contribution in [-0.4, -0.2) is 20.2 Å². The van der Waals surface area contributed by atoms with E-state index in [0.717, 1.165) is 0 Å². The third-order valence-electron chi connectivity index (χ3n) is 2.76. The number of nitrogens with zero attached hydrogens (tertiary/aromatic N) is 2. The van der Waals surface area contributed by atoms with Crippen LogP contribution in [0.5, 0.6) is 0 Å². The van der Waals surface area contributed by atoms with Crippen molar-refractivity contribution >= 4 is 5.97 Å². The Balaban J connectivity index is 2.40. The largest absolute Gasteiger partial charge is 0.478 e. The van der Waals surface area contributed by atoms with Gasteiger partial charge in [-0.05, 0) is 17.7 Å². The van der Waals surface area contributed by atoms with Gasteiger partial charge in [0, 0.05) is 19.4 Å². The van der Waals surface area contributed by atoms with Crippen LogP contribution in [0.2, 0.25) is 0 Å². The molecule has 0 radical (unpaired) electrons. The van der Waals surface area contributed by atoms with Crippen LogP contribution in [0.4, 0.5) is 0 Å². The summed E-state index contributed by atoms with van der Waals surface area (Å²) in [6.07, 6.45) is 2.99. The molecule has 6 nitrogen and oxygen atoms in total. The van der Waals surface area contributed by atoms with Gasteiger partial charge in [-0.25, -0.2) is 4.79 Å². The van der Waals surface area contributed by atoms with Gasteiger partial charge in [-0.15, -0.1) is 0 Å². The number of rotatable bonds is 3. The van der Waals surface area contributed by atoms with Crippen LogP contribution in [-0.2, 0) is 13.6 Å². The van der Waals surface area contributed by atoms with Crippen molar-refractivity contribution in [2.24, 2.45) is 7.05 Å². The number of hydrogen-bond acceptors (Lipinski definition) is 3. The van der Waals surface area contributed by atoms with Gasteiger partial charge >= 0.3 is 17.1 Å². The molecule has 0 fully saturated rings. The molecule has 1 aromatic heterocycles. The van der Waals surface area contributed by atoms with Crippen LogP contribution in [0.15, 0.2) is 46.2 Å². The molecule has 6 heteroatoms. The second kappa shape index (κ2) is 4.93. The van der Waals surface area contributed by atoms with Crippen molar-refractivity contribution in [2.45, 2.75) is 6.54 Å². The van der Waals surface area contributed by atoms with E-state index in [1.165, 1.54) is 40.7 Å². The molecule has 1 N–H and O–H groups in total. The van der Waals surface area contributed by atoms with Crippen LogP contribution in [0.3, 0.4) is 0 Å². The first-order valence-corrected chi connectivity index (χ1v) is 5.57. The maximum Gasteiger partial charge on any atom is 0.335 e. The molecule has 2 rings (SSSR count). The number of carboxylic acid groups (broad SMARTS) is 1. The summed E-state index contributed by atoms with van der Waals surface area (Å²) in [6.45, 7) is 0.163. The second-order valence-electron chi connectivity index (χ2n) is 4.15. The van der Waals surface area contributed by atoms with Crippen molar-refractivity contribution in [3.63, 3.8) is 0 Å². The van der Waals surface area contributed by atoms with Crippen molar-refractivity contribution in [1.82, 2.24) is 9.13 Å². The smallest absolute Gasteiger partial charge is 0.335 e. The number of carboxylic acids is 1. The monoisotopic (exact) mass is 260 g/mol. The molecular formula is C13H12N2O4. The van der Waals surface area contributed by atoms with Crippen LogP contribution in [0, 0.1) is 0 Å². The molecule has 0 spiro atoms. The molecule has 0 aliphatic rings. The van der Waals surface area contributed by atoms with Crippen LogP contribution in [0.25, 0.3) is 0 Å². The Kier molecular flexibility index (Phi) is 3.33. The summed E-state index contributed by atoms with van der Waals surface area (Å²) in [5, 5.41) is 8.89. The van der Waals surface area contributed by atoms with Gasteiger partial charge in [0.15, 0.2) is 0 Å². The minimum absolute atomic E-state index is 0.148. The lowest BCUT2D eigenvalue weighted by Gasteiger charge is -2.07. The van der Waals surface area contributed by atoms with E-state index in [9.17, 15) is 14.4 Å². The average Bonchev–Trinajstić information content (AvgIpc) is 2.40. The highest BCUT2D eigenvalue weighted by Gasteiger charge is 2.06. The van der Waals surface area contributed by atoms with Crippen molar-refractivity contribution < 1.29 is 9.90 Å². The van der Waals surface area contributed by atoms with E-state index in [2.05, 4.69) is 0 Å². The number of aromatic nitrogens is 2. The molecule has 0 unspecified atom stereocenters. The zero-order valence-corrected chi connectivity index (χ0v) is 10.2. The highest BCUT2D eigenvalue weighted by Crippen LogP contribution is 2.06. The Morgan fingerprint density at radius 1 is 1.21 bits per heavy atom. The number of benzene rings is 1. The van der Waals surface area contributed by atoms with Crippen LogP contribution < -0.4 is 11.1 Å². The molecular weight excluding hydrogens is 248 g/mol. The Morgan fingerprint density at radius 2 is 1.95 bits per heavy atom. The molecule has 0 bridgehead atoms. The molecule has 0 saturated heterocycles. The predicted molar refractivity (Wildman–Crippen MR) is 68.4 cm³/mol. The molecule has 0 amide bonds. The van der Waals surface area contributed by atoms with Crippen LogP contribution >= 0.6 is 0 Å². The van der Waals surface area contributed by atoms with E-state index < -0.39 is 17.1 Å². The quantitative estimate of drug-likeness (QED) is 0.804. The fourth-order valence-corrected chi connectivity index (χ4v) is 1.71. The summed E-state index contributed by atoms with van der Waals surface area (Å²) in [5.41, 5.74) is -0.452. The lowest BCUT2D eigenvalue weighted by atomic mass is 10.1. The van der Waals surface area contributed by atoms with Gasteiger partial charge in [0.2, 0.25) is 0 Å². The minimum Gasteiger partial charge on any atom is -0.478 e. The van der Waals surface area contributed by atoms with Gasteiger partial charge in [0.25, 0.3) is 0 Å². The summed E-state index contributed by atoms with van der Waals surface area (Å²) in [5.74, 6) is -1.03. The molecule has 19 heavy (non-hydrogen) atoms. The molecule has 1 heterocycles. The normalized spacial score (nSPS) is 10.4. The molecule has 2 aromatic rings. The zero-order valence-electron chi connectivity index (χ0n) is 10.2. The first kappa shape index (κ1) is 12.8. The third kappa shape index (κ3) is 2.62. The van der Waals surface area contributed by atoms with E-state index >= 15 is 0 Å². The number of aromatic carboxylic acids is 1. The number of carbonyl (C=O) groups is 1. The molecule has 1 aromatic carbocycles. The topological polar surface area (TPSA) is 81.3 Å². The predicted octanol–water partition coefficient (Wildman–Crippen LogP) is 0.293. The fraction of sp³-hybridized carbons (Fsp3) is 0.154. The number of hydrogen-bond donors (Lipinski definition) is 1. The van der Waals surface area contributed by atoms with Gasteiger partial charge < -0.3 is 14.2 Å². The Labute approximate surface area is 108 Å². The summed E-state index contributed by atoms with van der Waals surface area (Å²) in [6, 6.07) is 6.26. The van der Waals surface area contributed by atoms with E-state index in [1.807, 2.05) is 0 Å². The van der Waals surface area contributed by atoms with Crippen molar-refractivity contribution in [3.05, 3.63) is 68.5 Å². The highest BCUT2D eigenvalue weighted by molar-refractivity contribution is 5.87. The van der Waals surface area contributed by atoms with E-state index in [0.29, 0.717) is 5.56 Å². The van der Waals surface area contributed by atoms with Crippen molar-refractivity contribution in [2.75, 3.05) is 0 Å². The SMILES string of the molecule is Cn1ccn(Cc2cccc(C(=O)O)c2)c(=O)c1=O. The Morgan fingerprint density at radius 3 is 2.63 bits per heavy atom. The minimum atomic E-state index is -1.03. The number of aryl methyl sites for hydroxylation is 1.